The molecule has 0 radical (unpaired) electrons. The minimum absolute atomic E-state index is 0.283. The lowest BCUT2D eigenvalue weighted by molar-refractivity contribution is -0.146. The van der Waals surface area contributed by atoms with E-state index in [9.17, 15) is 18.3 Å². The lowest BCUT2D eigenvalue weighted by Gasteiger charge is -2.30. The standard InChI is InChI=1S/C26H27NO6S/c1-26(2,25(28)29)14-16-7-10-18(11-8-16)24-20-13-17(15-34(27,30)31)9-12-19(20)23-21(32-3)5-4-6-22(23)33-24/h4-13,24H,14-15H2,1-3H3,(H,28,29)(H2,27,30,31). The fourth-order valence-corrected chi connectivity index (χ4v) is 4.90. The number of primary sulfonamides is 1. The van der Waals surface area contributed by atoms with Crippen LogP contribution in [0.15, 0.2) is 60.7 Å². The van der Waals surface area contributed by atoms with E-state index in [0.717, 1.165) is 27.8 Å². The summed E-state index contributed by atoms with van der Waals surface area (Å²) in [6.45, 7) is 3.39. The molecule has 3 aromatic rings. The molecule has 34 heavy (non-hydrogen) atoms. The lowest BCUT2D eigenvalue weighted by Crippen LogP contribution is -2.26. The fraction of sp³-hybridized carbons (Fsp3) is 0.269. The molecule has 8 heteroatoms. The van der Waals surface area contributed by atoms with Crippen LogP contribution in [0.3, 0.4) is 0 Å². The van der Waals surface area contributed by atoms with E-state index in [2.05, 4.69) is 0 Å². The maximum absolute atomic E-state index is 11.7. The number of sulfonamides is 1. The minimum atomic E-state index is -3.70. The van der Waals surface area contributed by atoms with Gasteiger partial charge in [0.2, 0.25) is 10.0 Å². The third kappa shape index (κ3) is 4.78. The molecule has 1 atom stereocenters. The first-order valence-electron chi connectivity index (χ1n) is 10.8. The zero-order valence-electron chi connectivity index (χ0n) is 19.2. The highest BCUT2D eigenvalue weighted by Gasteiger charge is 2.31. The first-order chi connectivity index (χ1) is 16.0. The topological polar surface area (TPSA) is 116 Å². The van der Waals surface area contributed by atoms with Gasteiger partial charge in [-0.1, -0.05) is 48.5 Å². The second-order valence-electron chi connectivity index (χ2n) is 9.17. The van der Waals surface area contributed by atoms with E-state index in [1.54, 1.807) is 33.1 Å². The Morgan fingerprint density at radius 3 is 2.38 bits per heavy atom. The van der Waals surface area contributed by atoms with Crippen molar-refractivity contribution >= 4 is 16.0 Å². The molecule has 1 heterocycles. The van der Waals surface area contributed by atoms with Crippen molar-refractivity contribution in [2.45, 2.75) is 32.1 Å². The summed E-state index contributed by atoms with van der Waals surface area (Å²) in [6, 6.07) is 18.6. The number of fused-ring (bicyclic) bond motifs is 3. The van der Waals surface area contributed by atoms with Crippen LogP contribution in [0.1, 0.15) is 42.2 Å². The molecular weight excluding hydrogens is 454 g/mol. The van der Waals surface area contributed by atoms with Crippen LogP contribution in [0.2, 0.25) is 0 Å². The summed E-state index contributed by atoms with van der Waals surface area (Å²) in [5.41, 5.74) is 3.94. The van der Waals surface area contributed by atoms with Gasteiger partial charge in [0.1, 0.15) is 17.6 Å². The molecule has 0 amide bonds. The van der Waals surface area contributed by atoms with E-state index in [1.165, 1.54) is 0 Å². The molecule has 0 bridgehead atoms. The third-order valence-electron chi connectivity index (χ3n) is 6.00. The Labute approximate surface area is 199 Å². The number of ether oxygens (including phenoxy) is 2. The number of methoxy groups -OCH3 is 1. The maximum atomic E-state index is 11.7. The van der Waals surface area contributed by atoms with Gasteiger partial charge in [-0.3, -0.25) is 4.79 Å². The predicted octanol–water partition coefficient (Wildman–Crippen LogP) is 4.29. The SMILES string of the molecule is COc1cccc2c1-c1ccc(CS(N)(=O)=O)cc1C(c1ccc(CC(C)(C)C(=O)O)cc1)O2. The predicted molar refractivity (Wildman–Crippen MR) is 129 cm³/mol. The van der Waals surface area contributed by atoms with Crippen molar-refractivity contribution in [3.63, 3.8) is 0 Å². The Balaban J connectivity index is 1.78. The van der Waals surface area contributed by atoms with Gasteiger partial charge in [-0.15, -0.1) is 0 Å². The number of nitrogens with two attached hydrogens (primary N) is 1. The number of aliphatic carboxylic acids is 1. The Morgan fingerprint density at radius 2 is 1.76 bits per heavy atom. The van der Waals surface area contributed by atoms with Crippen LogP contribution in [0.5, 0.6) is 11.5 Å². The van der Waals surface area contributed by atoms with E-state index in [4.69, 9.17) is 14.6 Å². The lowest BCUT2D eigenvalue weighted by atomic mass is 9.84. The highest BCUT2D eigenvalue weighted by atomic mass is 32.2. The summed E-state index contributed by atoms with van der Waals surface area (Å²) < 4.78 is 35.4. The molecule has 0 saturated carbocycles. The number of rotatable bonds is 7. The Bertz CT molecular complexity index is 1350. The summed E-state index contributed by atoms with van der Waals surface area (Å²) in [7, 11) is -2.11. The third-order valence-corrected chi connectivity index (χ3v) is 6.73. The first kappa shape index (κ1) is 23.8. The number of carbonyl (C=O) groups is 1. The molecular formula is C26H27NO6S. The van der Waals surface area contributed by atoms with E-state index in [1.807, 2.05) is 48.5 Å². The summed E-state index contributed by atoms with van der Waals surface area (Å²) in [5.74, 6) is 0.179. The van der Waals surface area contributed by atoms with Gasteiger partial charge in [-0.05, 0) is 54.7 Å². The maximum Gasteiger partial charge on any atom is 0.309 e. The van der Waals surface area contributed by atoms with Gasteiger partial charge >= 0.3 is 5.97 Å². The molecule has 1 aliphatic rings. The molecule has 0 saturated heterocycles. The molecule has 4 rings (SSSR count). The van der Waals surface area contributed by atoms with Gasteiger partial charge in [-0.25, -0.2) is 13.6 Å². The van der Waals surface area contributed by atoms with Crippen LogP contribution in [0.4, 0.5) is 0 Å². The van der Waals surface area contributed by atoms with Gasteiger partial charge in [0.15, 0.2) is 0 Å². The van der Waals surface area contributed by atoms with Gasteiger partial charge in [0, 0.05) is 5.56 Å². The summed E-state index contributed by atoms with van der Waals surface area (Å²) >= 11 is 0. The molecule has 0 aliphatic carbocycles. The molecule has 7 nitrogen and oxygen atoms in total. The molecule has 0 spiro atoms. The summed E-state index contributed by atoms with van der Waals surface area (Å²) in [5, 5.41) is 14.7. The van der Waals surface area contributed by atoms with Crippen molar-refractivity contribution in [2.24, 2.45) is 10.6 Å². The zero-order valence-corrected chi connectivity index (χ0v) is 20.1. The van der Waals surface area contributed by atoms with Crippen molar-refractivity contribution in [1.82, 2.24) is 0 Å². The summed E-state index contributed by atoms with van der Waals surface area (Å²) in [4.78, 5) is 11.5. The number of benzene rings is 3. The average molecular weight is 482 g/mol. The Morgan fingerprint density at radius 1 is 1.09 bits per heavy atom. The average Bonchev–Trinajstić information content (AvgIpc) is 2.77. The number of hydrogen-bond donors (Lipinski definition) is 2. The van der Waals surface area contributed by atoms with Gasteiger partial charge in [0.25, 0.3) is 0 Å². The van der Waals surface area contributed by atoms with Gasteiger partial charge in [0.05, 0.1) is 23.8 Å². The largest absolute Gasteiger partial charge is 0.496 e. The zero-order chi connectivity index (χ0) is 24.7. The molecule has 1 unspecified atom stereocenters. The van der Waals surface area contributed by atoms with Crippen molar-refractivity contribution in [3.05, 3.63) is 82.9 Å². The van der Waals surface area contributed by atoms with Crippen LogP contribution in [0.25, 0.3) is 11.1 Å². The molecule has 0 aromatic heterocycles. The summed E-state index contributed by atoms with van der Waals surface area (Å²) in [6.07, 6.45) is -0.0972. The fourth-order valence-electron chi connectivity index (χ4n) is 4.26. The van der Waals surface area contributed by atoms with Gasteiger partial charge < -0.3 is 14.6 Å². The Hall–Kier alpha value is -3.36. The van der Waals surface area contributed by atoms with Crippen molar-refractivity contribution in [2.75, 3.05) is 7.11 Å². The molecule has 3 N–H and O–H groups in total. The number of carboxylic acid groups (broad SMARTS) is 1. The van der Waals surface area contributed by atoms with E-state index in [-0.39, 0.29) is 5.75 Å². The van der Waals surface area contributed by atoms with Crippen molar-refractivity contribution < 1.29 is 27.8 Å². The van der Waals surface area contributed by atoms with E-state index < -0.39 is 27.5 Å². The highest BCUT2D eigenvalue weighted by Crippen LogP contribution is 2.49. The van der Waals surface area contributed by atoms with Crippen molar-refractivity contribution in [3.8, 4) is 22.6 Å². The number of hydrogen-bond acceptors (Lipinski definition) is 5. The number of carboxylic acids is 1. The van der Waals surface area contributed by atoms with Crippen molar-refractivity contribution in [1.29, 1.82) is 0 Å². The van der Waals surface area contributed by atoms with Crippen LogP contribution in [-0.4, -0.2) is 26.6 Å². The van der Waals surface area contributed by atoms with Crippen LogP contribution >= 0.6 is 0 Å². The molecule has 3 aromatic carbocycles. The van der Waals surface area contributed by atoms with E-state index in [0.29, 0.717) is 23.5 Å². The minimum Gasteiger partial charge on any atom is -0.496 e. The first-order valence-corrected chi connectivity index (χ1v) is 12.5. The van der Waals surface area contributed by atoms with Gasteiger partial charge in [-0.2, -0.15) is 0 Å². The van der Waals surface area contributed by atoms with Crippen LogP contribution in [0, 0.1) is 5.41 Å². The second-order valence-corrected chi connectivity index (χ2v) is 10.8. The second kappa shape index (κ2) is 8.77. The molecule has 178 valence electrons. The quantitative estimate of drug-likeness (QED) is 0.520. The highest BCUT2D eigenvalue weighted by molar-refractivity contribution is 7.88. The monoisotopic (exact) mass is 481 g/mol. The molecule has 1 aliphatic heterocycles. The normalized spacial score (nSPS) is 15.1. The molecule has 0 fully saturated rings. The Kier molecular flexibility index (Phi) is 6.14. The van der Waals surface area contributed by atoms with Crippen LogP contribution in [-0.2, 0) is 27.0 Å². The van der Waals surface area contributed by atoms with Crippen LogP contribution < -0.4 is 14.6 Å². The smallest absolute Gasteiger partial charge is 0.309 e. The van der Waals surface area contributed by atoms with E-state index >= 15 is 0 Å².